The van der Waals surface area contributed by atoms with E-state index in [0.29, 0.717) is 17.2 Å². The van der Waals surface area contributed by atoms with Crippen LogP contribution in [0.15, 0.2) is 18.2 Å². The largest absolute Gasteiger partial charge is 0.355 e. The van der Waals surface area contributed by atoms with Gasteiger partial charge in [0.25, 0.3) is 5.91 Å². The number of rotatable bonds is 5. The molecule has 1 aromatic rings. The molecule has 4 nitrogen and oxygen atoms in total. The molecule has 2 N–H and O–H groups in total. The molecule has 126 valence electrons. The Bertz CT molecular complexity index is 562. The third-order valence-corrected chi connectivity index (χ3v) is 4.84. The van der Waals surface area contributed by atoms with Crippen LogP contribution >= 0.6 is 0 Å². The Morgan fingerprint density at radius 1 is 1.22 bits per heavy atom. The Hall–Kier alpha value is -1.84. The van der Waals surface area contributed by atoms with Crippen LogP contribution in [0, 0.1) is 18.8 Å². The number of hydrogen-bond donors (Lipinski definition) is 2. The van der Waals surface area contributed by atoms with E-state index in [-0.39, 0.29) is 17.7 Å². The molecule has 0 saturated heterocycles. The van der Waals surface area contributed by atoms with Crippen molar-refractivity contribution in [3.8, 4) is 0 Å². The van der Waals surface area contributed by atoms with Gasteiger partial charge in [0, 0.05) is 13.0 Å². The van der Waals surface area contributed by atoms with E-state index < -0.39 is 0 Å². The highest BCUT2D eigenvalue weighted by atomic mass is 16.2. The van der Waals surface area contributed by atoms with Gasteiger partial charge in [0.1, 0.15) is 0 Å². The molecular formula is C19H28N2O2. The van der Waals surface area contributed by atoms with Gasteiger partial charge in [-0.05, 0) is 30.9 Å². The Balaban J connectivity index is 2.04. The summed E-state index contributed by atoms with van der Waals surface area (Å²) in [5.74, 6) is 0.473. The maximum atomic E-state index is 12.5. The zero-order valence-corrected chi connectivity index (χ0v) is 14.4. The summed E-state index contributed by atoms with van der Waals surface area (Å²) in [6.07, 6.45) is 7.33. The fourth-order valence-corrected chi connectivity index (χ4v) is 3.48. The van der Waals surface area contributed by atoms with Crippen molar-refractivity contribution < 1.29 is 9.59 Å². The van der Waals surface area contributed by atoms with E-state index in [2.05, 4.69) is 10.6 Å². The standard InChI is InChI=1S/C19H28N2O2/c1-13-8-7-11-16(17(13)19(23)20-3)21-18(22)14(2)12-15-9-5-4-6-10-15/h7-8,11,14-15H,4-6,9-10,12H2,1-3H3,(H,20,23)(H,21,22). The minimum absolute atomic E-state index is 0.00586. The minimum Gasteiger partial charge on any atom is -0.355 e. The molecule has 0 aromatic heterocycles. The van der Waals surface area contributed by atoms with Crippen LogP contribution in [0.2, 0.25) is 0 Å². The zero-order valence-electron chi connectivity index (χ0n) is 14.4. The lowest BCUT2D eigenvalue weighted by Crippen LogP contribution is -2.26. The smallest absolute Gasteiger partial charge is 0.253 e. The molecule has 1 aliphatic rings. The Kier molecular flexibility index (Phi) is 6.20. The van der Waals surface area contributed by atoms with E-state index >= 15 is 0 Å². The number of aryl methyl sites for hydroxylation is 1. The second kappa shape index (κ2) is 8.14. The maximum absolute atomic E-state index is 12.5. The first kappa shape index (κ1) is 17.5. The van der Waals surface area contributed by atoms with Crippen molar-refractivity contribution >= 4 is 17.5 Å². The molecule has 2 rings (SSSR count). The van der Waals surface area contributed by atoms with Crippen molar-refractivity contribution in [1.82, 2.24) is 5.32 Å². The van der Waals surface area contributed by atoms with Crippen molar-refractivity contribution in [1.29, 1.82) is 0 Å². The molecule has 4 heteroatoms. The van der Waals surface area contributed by atoms with Crippen LogP contribution in [0.25, 0.3) is 0 Å². The molecule has 0 bridgehead atoms. The van der Waals surface area contributed by atoms with E-state index in [9.17, 15) is 9.59 Å². The summed E-state index contributed by atoms with van der Waals surface area (Å²) in [7, 11) is 1.60. The summed E-state index contributed by atoms with van der Waals surface area (Å²) in [6.45, 7) is 3.87. The van der Waals surface area contributed by atoms with E-state index in [1.807, 2.05) is 26.0 Å². The van der Waals surface area contributed by atoms with E-state index in [1.54, 1.807) is 13.1 Å². The lowest BCUT2D eigenvalue weighted by molar-refractivity contribution is -0.120. The number of carbonyl (C=O) groups excluding carboxylic acids is 2. The quantitative estimate of drug-likeness (QED) is 0.865. The van der Waals surface area contributed by atoms with Crippen molar-refractivity contribution in [3.63, 3.8) is 0 Å². The SMILES string of the molecule is CNC(=O)c1c(C)cccc1NC(=O)C(C)CC1CCCCC1. The summed E-state index contributed by atoms with van der Waals surface area (Å²) >= 11 is 0. The number of amides is 2. The van der Waals surface area contributed by atoms with Crippen LogP contribution in [-0.4, -0.2) is 18.9 Å². The van der Waals surface area contributed by atoms with Gasteiger partial charge in [0.15, 0.2) is 0 Å². The molecule has 1 saturated carbocycles. The number of carbonyl (C=O) groups is 2. The van der Waals surface area contributed by atoms with E-state index in [0.717, 1.165) is 12.0 Å². The van der Waals surface area contributed by atoms with Crippen molar-refractivity contribution in [2.75, 3.05) is 12.4 Å². The first-order valence-electron chi connectivity index (χ1n) is 8.65. The third kappa shape index (κ3) is 4.57. The van der Waals surface area contributed by atoms with Gasteiger partial charge < -0.3 is 10.6 Å². The third-order valence-electron chi connectivity index (χ3n) is 4.84. The predicted molar refractivity (Wildman–Crippen MR) is 93.6 cm³/mol. The summed E-state index contributed by atoms with van der Waals surface area (Å²) in [4.78, 5) is 24.6. The number of hydrogen-bond acceptors (Lipinski definition) is 2. The molecule has 1 aliphatic carbocycles. The number of nitrogens with one attached hydrogen (secondary N) is 2. The van der Waals surface area contributed by atoms with Crippen molar-refractivity contribution in [3.05, 3.63) is 29.3 Å². The summed E-state index contributed by atoms with van der Waals surface area (Å²) < 4.78 is 0. The van der Waals surface area contributed by atoms with Gasteiger partial charge in [0.05, 0.1) is 11.3 Å². The number of anilines is 1. The molecule has 0 aliphatic heterocycles. The molecule has 0 spiro atoms. The fraction of sp³-hybridized carbons (Fsp3) is 0.579. The first-order valence-corrected chi connectivity index (χ1v) is 8.65. The summed E-state index contributed by atoms with van der Waals surface area (Å²) in [5.41, 5.74) is 2.01. The zero-order chi connectivity index (χ0) is 16.8. The average molecular weight is 316 g/mol. The molecule has 2 amide bonds. The molecule has 0 heterocycles. The van der Waals surface area contributed by atoms with Crippen LogP contribution in [-0.2, 0) is 4.79 Å². The van der Waals surface area contributed by atoms with Crippen molar-refractivity contribution in [2.45, 2.75) is 52.4 Å². The van der Waals surface area contributed by atoms with Crippen LogP contribution in [0.4, 0.5) is 5.69 Å². The summed E-state index contributed by atoms with van der Waals surface area (Å²) in [5, 5.41) is 5.60. The van der Waals surface area contributed by atoms with Crippen LogP contribution in [0.3, 0.4) is 0 Å². The second-order valence-corrected chi connectivity index (χ2v) is 6.71. The van der Waals surface area contributed by atoms with Gasteiger partial charge >= 0.3 is 0 Å². The van der Waals surface area contributed by atoms with Crippen LogP contribution < -0.4 is 10.6 Å². The van der Waals surface area contributed by atoms with Gasteiger partial charge in [-0.25, -0.2) is 0 Å². The molecule has 1 fully saturated rings. The minimum atomic E-state index is -0.168. The normalized spacial score (nSPS) is 16.7. The lowest BCUT2D eigenvalue weighted by Gasteiger charge is -2.24. The van der Waals surface area contributed by atoms with Gasteiger partial charge in [-0.1, -0.05) is 51.2 Å². The maximum Gasteiger partial charge on any atom is 0.253 e. The Morgan fingerprint density at radius 2 is 1.91 bits per heavy atom. The van der Waals surface area contributed by atoms with Crippen molar-refractivity contribution in [2.24, 2.45) is 11.8 Å². The van der Waals surface area contributed by atoms with Gasteiger partial charge in [-0.15, -0.1) is 0 Å². The lowest BCUT2D eigenvalue weighted by atomic mass is 9.83. The Morgan fingerprint density at radius 3 is 2.57 bits per heavy atom. The van der Waals surface area contributed by atoms with E-state index in [4.69, 9.17) is 0 Å². The van der Waals surface area contributed by atoms with Gasteiger partial charge in [-0.3, -0.25) is 9.59 Å². The highest BCUT2D eigenvalue weighted by molar-refractivity contribution is 6.05. The molecule has 1 unspecified atom stereocenters. The average Bonchev–Trinajstić information content (AvgIpc) is 2.55. The Labute approximate surface area is 139 Å². The molecular weight excluding hydrogens is 288 g/mol. The number of benzene rings is 1. The van der Waals surface area contributed by atoms with Crippen LogP contribution in [0.5, 0.6) is 0 Å². The topological polar surface area (TPSA) is 58.2 Å². The monoisotopic (exact) mass is 316 g/mol. The highest BCUT2D eigenvalue weighted by Gasteiger charge is 2.22. The molecule has 0 radical (unpaired) electrons. The van der Waals surface area contributed by atoms with Gasteiger partial charge in [-0.2, -0.15) is 0 Å². The van der Waals surface area contributed by atoms with E-state index in [1.165, 1.54) is 32.1 Å². The highest BCUT2D eigenvalue weighted by Crippen LogP contribution is 2.29. The first-order chi connectivity index (χ1) is 11.0. The predicted octanol–water partition coefficient (Wildman–Crippen LogP) is 3.90. The molecule has 1 atom stereocenters. The van der Waals surface area contributed by atoms with Gasteiger partial charge in [0.2, 0.25) is 5.91 Å². The second-order valence-electron chi connectivity index (χ2n) is 6.71. The van der Waals surface area contributed by atoms with Crippen LogP contribution in [0.1, 0.15) is 61.4 Å². The molecule has 1 aromatic carbocycles. The summed E-state index contributed by atoms with van der Waals surface area (Å²) in [6, 6.07) is 5.54. The molecule has 23 heavy (non-hydrogen) atoms. The fourth-order valence-electron chi connectivity index (χ4n) is 3.48.